The summed E-state index contributed by atoms with van der Waals surface area (Å²) in [6.45, 7) is 0. The number of hydrogen-bond donors (Lipinski definition) is 0. The third kappa shape index (κ3) is 3.73. The molecule has 0 fully saturated rings. The predicted octanol–water partition coefficient (Wildman–Crippen LogP) is 12.6. The molecule has 3 aromatic heterocycles. The summed E-state index contributed by atoms with van der Waals surface area (Å²) < 4.78 is 11.1. The lowest BCUT2D eigenvalue weighted by Crippen LogP contribution is -1.95. The van der Waals surface area contributed by atoms with Crippen molar-refractivity contribution in [3.63, 3.8) is 0 Å². The molecule has 0 aliphatic carbocycles. The van der Waals surface area contributed by atoms with Gasteiger partial charge in [0, 0.05) is 32.3 Å². The number of hydrogen-bond acceptors (Lipinski definition) is 1. The van der Waals surface area contributed by atoms with E-state index in [4.69, 9.17) is 4.42 Å². The van der Waals surface area contributed by atoms with Crippen LogP contribution in [0.15, 0.2) is 174 Å². The average Bonchev–Trinajstić information content (AvgIpc) is 3.82. The molecule has 11 rings (SSSR count). The van der Waals surface area contributed by atoms with Gasteiger partial charge in [-0.25, -0.2) is 0 Å². The maximum Gasteiger partial charge on any atom is 0.137 e. The minimum absolute atomic E-state index is 0.900. The van der Waals surface area contributed by atoms with Crippen molar-refractivity contribution in [2.75, 3.05) is 0 Å². The van der Waals surface area contributed by atoms with Crippen LogP contribution < -0.4 is 0 Å². The summed E-state index contributed by atoms with van der Waals surface area (Å²) >= 11 is 0. The zero-order chi connectivity index (χ0) is 32.1. The number of nitrogens with zero attached hydrogens (tertiary/aromatic N) is 2. The van der Waals surface area contributed by atoms with E-state index < -0.39 is 0 Å². The van der Waals surface area contributed by atoms with Crippen molar-refractivity contribution in [2.24, 2.45) is 0 Å². The van der Waals surface area contributed by atoms with Gasteiger partial charge in [-0.3, -0.25) is 0 Å². The summed E-state index contributed by atoms with van der Waals surface area (Å²) in [6, 6.07) is 61.3. The largest absolute Gasteiger partial charge is 0.456 e. The van der Waals surface area contributed by atoms with Crippen molar-refractivity contribution in [1.29, 1.82) is 0 Å². The SMILES string of the molecule is c1ccc2c(-n3c4ccccc4c4cc(-c5ccc6c(c5)c5ccccc5n6-c5cccc6oc7ccccc7c56)ccc43)cccc2c1. The van der Waals surface area contributed by atoms with Gasteiger partial charge in [0.05, 0.1) is 38.8 Å². The fourth-order valence-corrected chi connectivity index (χ4v) is 8.17. The summed E-state index contributed by atoms with van der Waals surface area (Å²) in [5, 5.41) is 9.73. The highest BCUT2D eigenvalue weighted by atomic mass is 16.3. The fraction of sp³-hybridized carbons (Fsp3) is 0. The molecule has 11 aromatic rings. The molecule has 0 aliphatic heterocycles. The van der Waals surface area contributed by atoms with E-state index in [2.05, 4.69) is 167 Å². The van der Waals surface area contributed by atoms with Crippen molar-refractivity contribution >= 4 is 76.3 Å². The van der Waals surface area contributed by atoms with Gasteiger partial charge in [-0.15, -0.1) is 0 Å². The molecule has 0 radical (unpaired) electrons. The van der Waals surface area contributed by atoms with Crippen molar-refractivity contribution in [3.05, 3.63) is 170 Å². The normalized spacial score (nSPS) is 12.1. The van der Waals surface area contributed by atoms with Crippen LogP contribution in [0.5, 0.6) is 0 Å². The van der Waals surface area contributed by atoms with E-state index in [1.54, 1.807) is 0 Å². The zero-order valence-corrected chi connectivity index (χ0v) is 26.5. The van der Waals surface area contributed by atoms with Gasteiger partial charge in [0.25, 0.3) is 0 Å². The molecular formula is C46H28N2O. The molecule has 0 amide bonds. The second kappa shape index (κ2) is 9.96. The van der Waals surface area contributed by atoms with Crippen LogP contribution in [0.4, 0.5) is 0 Å². The topological polar surface area (TPSA) is 23.0 Å². The summed E-state index contributed by atoms with van der Waals surface area (Å²) in [4.78, 5) is 0. The number of furan rings is 1. The molecule has 0 saturated heterocycles. The van der Waals surface area contributed by atoms with Gasteiger partial charge in [-0.05, 0) is 77.2 Å². The second-order valence-corrected chi connectivity index (χ2v) is 12.9. The Labute approximate surface area is 281 Å². The zero-order valence-electron chi connectivity index (χ0n) is 26.5. The quantitative estimate of drug-likeness (QED) is 0.192. The Hall–Kier alpha value is -6.58. The van der Waals surface area contributed by atoms with Gasteiger partial charge < -0.3 is 13.6 Å². The molecule has 3 heterocycles. The van der Waals surface area contributed by atoms with Crippen LogP contribution in [0, 0.1) is 0 Å². The molecule has 0 atom stereocenters. The summed E-state index contributed by atoms with van der Waals surface area (Å²) in [5.41, 5.74) is 11.3. The first-order chi connectivity index (χ1) is 24.3. The van der Waals surface area contributed by atoms with Crippen LogP contribution in [0.1, 0.15) is 0 Å². The Bertz CT molecular complexity index is 3110. The molecule has 0 aliphatic rings. The number of aromatic nitrogens is 2. The molecule has 49 heavy (non-hydrogen) atoms. The van der Waals surface area contributed by atoms with Crippen LogP contribution in [0.2, 0.25) is 0 Å². The van der Waals surface area contributed by atoms with Crippen LogP contribution in [0.25, 0.3) is 98.8 Å². The van der Waals surface area contributed by atoms with Crippen LogP contribution in [-0.2, 0) is 0 Å². The number of rotatable bonds is 3. The van der Waals surface area contributed by atoms with Gasteiger partial charge in [0.1, 0.15) is 11.2 Å². The highest BCUT2D eigenvalue weighted by Gasteiger charge is 2.19. The summed E-state index contributed by atoms with van der Waals surface area (Å²) in [6.07, 6.45) is 0. The molecule has 0 spiro atoms. The molecule has 0 N–H and O–H groups in total. The first-order valence-electron chi connectivity index (χ1n) is 16.8. The minimum Gasteiger partial charge on any atom is -0.456 e. The van der Waals surface area contributed by atoms with Gasteiger partial charge in [-0.2, -0.15) is 0 Å². The average molecular weight is 625 g/mol. The van der Waals surface area contributed by atoms with Crippen LogP contribution >= 0.6 is 0 Å². The molecule has 0 bridgehead atoms. The van der Waals surface area contributed by atoms with Crippen molar-refractivity contribution < 1.29 is 4.42 Å². The summed E-state index contributed by atoms with van der Waals surface area (Å²) in [5.74, 6) is 0. The third-order valence-corrected chi connectivity index (χ3v) is 10.3. The smallest absolute Gasteiger partial charge is 0.137 e. The maximum atomic E-state index is 6.29. The van der Waals surface area contributed by atoms with E-state index in [1.165, 1.54) is 71.2 Å². The Morgan fingerprint density at radius 3 is 1.53 bits per heavy atom. The highest BCUT2D eigenvalue weighted by molar-refractivity contribution is 6.16. The molecule has 228 valence electrons. The van der Waals surface area contributed by atoms with E-state index in [0.717, 1.165) is 27.6 Å². The Morgan fingerprint density at radius 1 is 0.327 bits per heavy atom. The van der Waals surface area contributed by atoms with Crippen LogP contribution in [0.3, 0.4) is 0 Å². The lowest BCUT2D eigenvalue weighted by Gasteiger charge is -2.12. The molecular weight excluding hydrogens is 597 g/mol. The fourth-order valence-electron chi connectivity index (χ4n) is 8.17. The van der Waals surface area contributed by atoms with E-state index in [-0.39, 0.29) is 0 Å². The van der Waals surface area contributed by atoms with Gasteiger partial charge in [0.2, 0.25) is 0 Å². The van der Waals surface area contributed by atoms with E-state index >= 15 is 0 Å². The molecule has 3 nitrogen and oxygen atoms in total. The van der Waals surface area contributed by atoms with Gasteiger partial charge in [-0.1, -0.05) is 109 Å². The molecule has 0 unspecified atom stereocenters. The van der Waals surface area contributed by atoms with E-state index in [0.29, 0.717) is 0 Å². The third-order valence-electron chi connectivity index (χ3n) is 10.3. The minimum atomic E-state index is 0.900. The number of benzene rings is 8. The molecule has 8 aromatic carbocycles. The Morgan fingerprint density at radius 2 is 0.816 bits per heavy atom. The maximum absolute atomic E-state index is 6.29. The Balaban J connectivity index is 1.14. The van der Waals surface area contributed by atoms with Gasteiger partial charge >= 0.3 is 0 Å². The predicted molar refractivity (Wildman–Crippen MR) is 205 cm³/mol. The highest BCUT2D eigenvalue weighted by Crippen LogP contribution is 2.41. The van der Waals surface area contributed by atoms with Crippen molar-refractivity contribution in [2.45, 2.75) is 0 Å². The first-order valence-corrected chi connectivity index (χ1v) is 16.8. The lowest BCUT2D eigenvalue weighted by molar-refractivity contribution is 0.669. The summed E-state index contributed by atoms with van der Waals surface area (Å²) in [7, 11) is 0. The number of fused-ring (bicyclic) bond motifs is 10. The molecule has 0 saturated carbocycles. The Kier molecular flexibility index (Phi) is 5.38. The van der Waals surface area contributed by atoms with Crippen molar-refractivity contribution in [1.82, 2.24) is 9.13 Å². The lowest BCUT2D eigenvalue weighted by atomic mass is 10.0. The van der Waals surface area contributed by atoms with E-state index in [1.807, 2.05) is 12.1 Å². The van der Waals surface area contributed by atoms with E-state index in [9.17, 15) is 0 Å². The second-order valence-electron chi connectivity index (χ2n) is 12.9. The monoisotopic (exact) mass is 624 g/mol. The van der Waals surface area contributed by atoms with Crippen LogP contribution in [-0.4, -0.2) is 9.13 Å². The first kappa shape index (κ1) is 26.5. The van der Waals surface area contributed by atoms with Crippen molar-refractivity contribution in [3.8, 4) is 22.5 Å². The number of para-hydroxylation sites is 3. The van der Waals surface area contributed by atoms with Gasteiger partial charge in [0.15, 0.2) is 0 Å². The molecule has 3 heteroatoms. The standard InChI is InChI=1S/C46H28N2O/c1-2-13-32-29(11-1)12-9-19-38(32)47-39-17-6-3-14-33(39)36-27-30(23-25-41(36)47)31-24-26-42-37(28-31)34-15-4-7-18-40(34)48(42)43-20-10-22-45-46(43)35-16-5-8-21-44(35)49-45/h1-28H.